The molecular formula is C38H38F2N8O4. The average molecular weight is 709 g/mol. The van der Waals surface area contributed by atoms with E-state index in [-0.39, 0.29) is 36.0 Å². The number of carbonyl (C=O) groups is 2. The number of nitrogens with one attached hydrogen (secondary N) is 1. The van der Waals surface area contributed by atoms with E-state index in [1.165, 1.54) is 13.2 Å². The van der Waals surface area contributed by atoms with Crippen LogP contribution in [0.15, 0.2) is 67.1 Å². The molecule has 0 spiro atoms. The fourth-order valence-corrected chi connectivity index (χ4v) is 6.72. The van der Waals surface area contributed by atoms with Crippen LogP contribution in [-0.4, -0.2) is 100 Å². The molecule has 0 saturated carbocycles. The molecule has 1 N–H and O–H groups in total. The molecule has 1 fully saturated rings. The van der Waals surface area contributed by atoms with Crippen molar-refractivity contribution in [2.75, 3.05) is 58.4 Å². The standard InChI is InChI=1S/C38H38F2N8O4/c1-51-32-8-4-3-6-25(32)9-10-26-20-29(27-7-5-13-47(24-27)34(49)11-14-48-15-12-42-44-48)35(40)36-30(26)22-31(43-36)38(50)46-18-16-45(17-19-46)37-33(52-2)21-28(39)23-41-37/h3-4,6-10,12,15,20-23,43H,5,11,13-14,16-19,24H2,1-2H3/b10-9+. The third kappa shape index (κ3) is 7.09. The molecule has 5 heterocycles. The fourth-order valence-electron chi connectivity index (χ4n) is 6.72. The summed E-state index contributed by atoms with van der Waals surface area (Å²) in [6.45, 7) is 2.83. The Balaban J connectivity index is 1.17. The smallest absolute Gasteiger partial charge is 0.270 e. The molecule has 0 atom stereocenters. The van der Waals surface area contributed by atoms with Crippen LogP contribution in [0.3, 0.4) is 0 Å². The minimum atomic E-state index is -0.495. The molecule has 12 nitrogen and oxygen atoms in total. The maximum absolute atomic E-state index is 16.6. The molecule has 0 unspecified atom stereocenters. The van der Waals surface area contributed by atoms with Crippen LogP contribution >= 0.6 is 0 Å². The van der Waals surface area contributed by atoms with Crippen molar-refractivity contribution in [3.8, 4) is 11.5 Å². The van der Waals surface area contributed by atoms with Crippen molar-refractivity contribution in [3.63, 3.8) is 0 Å². The summed E-state index contributed by atoms with van der Waals surface area (Å²) in [6.07, 6.45) is 11.0. The zero-order chi connectivity index (χ0) is 36.2. The van der Waals surface area contributed by atoms with Crippen LogP contribution in [-0.2, 0) is 11.3 Å². The van der Waals surface area contributed by atoms with Crippen molar-refractivity contribution >= 4 is 46.3 Å². The van der Waals surface area contributed by atoms with Crippen molar-refractivity contribution in [3.05, 3.63) is 101 Å². The largest absolute Gasteiger partial charge is 0.496 e. The van der Waals surface area contributed by atoms with Gasteiger partial charge in [-0.05, 0) is 35.8 Å². The molecule has 5 aromatic rings. The molecule has 2 amide bonds. The fraction of sp³-hybridized carbons (Fsp3) is 0.289. The van der Waals surface area contributed by atoms with E-state index in [9.17, 15) is 14.0 Å². The summed E-state index contributed by atoms with van der Waals surface area (Å²) < 4.78 is 42.8. The van der Waals surface area contributed by atoms with Crippen LogP contribution in [0, 0.1) is 11.6 Å². The number of halogens is 2. The predicted molar refractivity (Wildman–Crippen MR) is 193 cm³/mol. The van der Waals surface area contributed by atoms with Gasteiger partial charge in [0, 0.05) is 74.5 Å². The van der Waals surface area contributed by atoms with Gasteiger partial charge in [0.2, 0.25) is 5.91 Å². The molecule has 2 aliphatic heterocycles. The van der Waals surface area contributed by atoms with Gasteiger partial charge in [0.05, 0.1) is 38.7 Å². The van der Waals surface area contributed by atoms with Gasteiger partial charge in [0.25, 0.3) is 5.91 Å². The molecule has 3 aromatic heterocycles. The number of nitrogens with zero attached hydrogens (tertiary/aromatic N) is 7. The van der Waals surface area contributed by atoms with Gasteiger partial charge in [0.1, 0.15) is 17.3 Å². The minimum Gasteiger partial charge on any atom is -0.496 e. The molecule has 1 saturated heterocycles. The number of fused-ring (bicyclic) bond motifs is 1. The Morgan fingerprint density at radius 2 is 1.73 bits per heavy atom. The van der Waals surface area contributed by atoms with Crippen LogP contribution < -0.4 is 14.4 Å². The highest BCUT2D eigenvalue weighted by Crippen LogP contribution is 2.34. The van der Waals surface area contributed by atoms with Gasteiger partial charge in [-0.25, -0.2) is 13.8 Å². The lowest BCUT2D eigenvalue weighted by atomic mass is 9.95. The van der Waals surface area contributed by atoms with Crippen molar-refractivity contribution in [2.45, 2.75) is 19.4 Å². The van der Waals surface area contributed by atoms with E-state index in [0.29, 0.717) is 85.1 Å². The Bertz CT molecular complexity index is 2160. The summed E-state index contributed by atoms with van der Waals surface area (Å²) in [7, 11) is 3.06. The number of carbonyl (C=O) groups excluding carboxylic acids is 2. The normalized spacial score (nSPS) is 15.0. The SMILES string of the molecule is COc1ccccc1/C=C/c1cc(C2=CCCN(C(=O)CCn3ccnn3)C2)c(F)c2[nH]c(C(=O)N3CCN(c4ncc(F)cc4OC)CC3)cc12. The van der Waals surface area contributed by atoms with Crippen LogP contribution in [0.5, 0.6) is 11.5 Å². The lowest BCUT2D eigenvalue weighted by Crippen LogP contribution is -2.49. The van der Waals surface area contributed by atoms with E-state index >= 15 is 4.39 Å². The maximum Gasteiger partial charge on any atom is 0.270 e. The van der Waals surface area contributed by atoms with Crippen LogP contribution in [0.1, 0.15) is 40.0 Å². The topological polar surface area (TPSA) is 122 Å². The third-order valence-electron chi connectivity index (χ3n) is 9.46. The first kappa shape index (κ1) is 34.4. The summed E-state index contributed by atoms with van der Waals surface area (Å²) >= 11 is 0. The molecule has 14 heteroatoms. The zero-order valence-corrected chi connectivity index (χ0v) is 28.9. The zero-order valence-electron chi connectivity index (χ0n) is 28.9. The van der Waals surface area contributed by atoms with Crippen molar-refractivity contribution in [2.24, 2.45) is 0 Å². The molecular weight excluding hydrogens is 670 g/mol. The van der Waals surface area contributed by atoms with E-state index in [1.54, 1.807) is 46.1 Å². The van der Waals surface area contributed by atoms with E-state index in [0.717, 1.165) is 11.8 Å². The summed E-state index contributed by atoms with van der Waals surface area (Å²) in [5.41, 5.74) is 3.04. The summed E-state index contributed by atoms with van der Waals surface area (Å²) in [5, 5.41) is 8.27. The Kier molecular flexibility index (Phi) is 9.96. The van der Waals surface area contributed by atoms with E-state index in [1.807, 2.05) is 47.4 Å². The Hall–Kier alpha value is -6.05. The highest BCUT2D eigenvalue weighted by atomic mass is 19.1. The number of anilines is 1. The third-order valence-corrected chi connectivity index (χ3v) is 9.46. The number of pyridine rings is 1. The lowest BCUT2D eigenvalue weighted by Gasteiger charge is -2.35. The van der Waals surface area contributed by atoms with Crippen molar-refractivity contribution < 1.29 is 27.8 Å². The molecule has 2 aliphatic rings. The second-order valence-corrected chi connectivity index (χ2v) is 12.6. The molecule has 52 heavy (non-hydrogen) atoms. The molecule has 0 aliphatic carbocycles. The number of H-pyrrole nitrogens is 1. The minimum absolute atomic E-state index is 0.0552. The first-order chi connectivity index (χ1) is 25.3. The number of rotatable bonds is 10. The molecule has 2 aromatic carbocycles. The van der Waals surface area contributed by atoms with E-state index < -0.39 is 11.6 Å². The van der Waals surface area contributed by atoms with Crippen molar-refractivity contribution in [1.29, 1.82) is 0 Å². The van der Waals surface area contributed by atoms with Crippen molar-refractivity contribution in [1.82, 2.24) is 34.8 Å². The number of hydrogen-bond acceptors (Lipinski definition) is 8. The number of aromatic amines is 1. The predicted octanol–water partition coefficient (Wildman–Crippen LogP) is 5.29. The highest BCUT2D eigenvalue weighted by Gasteiger charge is 2.28. The second kappa shape index (κ2) is 15.1. The second-order valence-electron chi connectivity index (χ2n) is 12.6. The van der Waals surface area contributed by atoms with E-state index in [2.05, 4.69) is 20.3 Å². The van der Waals surface area contributed by atoms with Gasteiger partial charge in [-0.15, -0.1) is 5.10 Å². The Morgan fingerprint density at radius 1 is 0.942 bits per heavy atom. The number of aryl methyl sites for hydroxylation is 1. The number of piperazine rings is 1. The summed E-state index contributed by atoms with van der Waals surface area (Å²) in [4.78, 5) is 39.7. The Labute approximate surface area is 298 Å². The molecule has 7 rings (SSSR count). The van der Waals surface area contributed by atoms with Gasteiger partial charge in [0.15, 0.2) is 17.4 Å². The first-order valence-corrected chi connectivity index (χ1v) is 17.0. The monoisotopic (exact) mass is 708 g/mol. The lowest BCUT2D eigenvalue weighted by molar-refractivity contribution is -0.131. The van der Waals surface area contributed by atoms with Crippen LogP contribution in [0.25, 0.3) is 28.6 Å². The number of hydrogen-bond donors (Lipinski definition) is 1. The maximum atomic E-state index is 16.6. The van der Waals surface area contributed by atoms with Gasteiger partial charge in [-0.3, -0.25) is 14.3 Å². The number of ether oxygens (including phenoxy) is 2. The number of amides is 2. The number of methoxy groups -OCH3 is 2. The van der Waals surface area contributed by atoms with Crippen LogP contribution in [0.2, 0.25) is 0 Å². The van der Waals surface area contributed by atoms with Gasteiger partial charge < -0.3 is 29.2 Å². The average Bonchev–Trinajstić information content (AvgIpc) is 3.88. The first-order valence-electron chi connectivity index (χ1n) is 17.0. The van der Waals surface area contributed by atoms with Gasteiger partial charge in [-0.2, -0.15) is 0 Å². The quantitative estimate of drug-likeness (QED) is 0.195. The Morgan fingerprint density at radius 3 is 2.50 bits per heavy atom. The van der Waals surface area contributed by atoms with E-state index in [4.69, 9.17) is 9.47 Å². The summed E-state index contributed by atoms with van der Waals surface area (Å²) in [5.74, 6) is 0.205. The highest BCUT2D eigenvalue weighted by molar-refractivity contribution is 6.02. The van der Waals surface area contributed by atoms with Gasteiger partial charge >= 0.3 is 0 Å². The number of benzene rings is 2. The molecule has 0 bridgehead atoms. The molecule has 0 radical (unpaired) electrons. The number of aromatic nitrogens is 5. The molecule has 268 valence electrons. The number of para-hydroxylation sites is 1. The van der Waals surface area contributed by atoms with Gasteiger partial charge in [-0.1, -0.05) is 41.6 Å². The summed E-state index contributed by atoms with van der Waals surface area (Å²) in [6, 6.07) is 12.3. The van der Waals surface area contributed by atoms with Crippen LogP contribution in [0.4, 0.5) is 14.6 Å².